The highest BCUT2D eigenvalue weighted by atomic mass is 16.6. The summed E-state index contributed by atoms with van der Waals surface area (Å²) in [5.74, 6) is 0.131. The van der Waals surface area contributed by atoms with Crippen LogP contribution >= 0.6 is 0 Å². The van der Waals surface area contributed by atoms with E-state index in [2.05, 4.69) is 5.32 Å². The fourth-order valence-electron chi connectivity index (χ4n) is 1.78. The minimum atomic E-state index is -0.565. The normalized spacial score (nSPS) is 11.8. The highest BCUT2D eigenvalue weighted by Crippen LogP contribution is 2.23. The standard InChI is InChI=1S/C14H20N2O5/c1-4-15-12(14(17)20-5-2)9-21-13-7-6-11(16(18)19)8-10(13)3/h6-8,12,15H,4-5,9H2,1-3H3. The molecule has 116 valence electrons. The quantitative estimate of drug-likeness (QED) is 0.447. The first kappa shape index (κ1) is 16.9. The van der Waals surface area contributed by atoms with Crippen molar-refractivity contribution in [3.63, 3.8) is 0 Å². The highest BCUT2D eigenvalue weighted by molar-refractivity contribution is 5.76. The number of hydrogen-bond acceptors (Lipinski definition) is 6. The summed E-state index contributed by atoms with van der Waals surface area (Å²) in [6.45, 7) is 6.34. The number of hydrogen-bond donors (Lipinski definition) is 1. The van der Waals surface area contributed by atoms with Gasteiger partial charge in [0.15, 0.2) is 0 Å². The first-order valence-electron chi connectivity index (χ1n) is 6.77. The number of aryl methyl sites for hydroxylation is 1. The lowest BCUT2D eigenvalue weighted by Crippen LogP contribution is -2.42. The van der Waals surface area contributed by atoms with Crippen molar-refractivity contribution in [2.24, 2.45) is 0 Å². The fraction of sp³-hybridized carbons (Fsp3) is 0.500. The number of esters is 1. The van der Waals surface area contributed by atoms with Gasteiger partial charge in [-0.2, -0.15) is 0 Å². The van der Waals surface area contributed by atoms with Crippen molar-refractivity contribution >= 4 is 11.7 Å². The second-order valence-electron chi connectivity index (χ2n) is 4.38. The van der Waals surface area contributed by atoms with Gasteiger partial charge in [-0.05, 0) is 32.0 Å². The summed E-state index contributed by atoms with van der Waals surface area (Å²) in [6.07, 6.45) is 0. The third kappa shape index (κ3) is 5.03. The van der Waals surface area contributed by atoms with Crippen LogP contribution in [0.5, 0.6) is 5.75 Å². The van der Waals surface area contributed by atoms with Gasteiger partial charge in [-0.15, -0.1) is 0 Å². The monoisotopic (exact) mass is 296 g/mol. The van der Waals surface area contributed by atoms with Gasteiger partial charge in [0.1, 0.15) is 18.4 Å². The average molecular weight is 296 g/mol. The molecule has 0 aliphatic heterocycles. The van der Waals surface area contributed by atoms with Gasteiger partial charge >= 0.3 is 5.97 Å². The van der Waals surface area contributed by atoms with Gasteiger partial charge < -0.3 is 14.8 Å². The molecule has 0 aliphatic rings. The first-order chi connectivity index (χ1) is 9.99. The van der Waals surface area contributed by atoms with Crippen molar-refractivity contribution in [1.29, 1.82) is 0 Å². The molecule has 1 N–H and O–H groups in total. The number of nitro benzene ring substituents is 1. The van der Waals surface area contributed by atoms with Gasteiger partial charge in [-0.3, -0.25) is 14.9 Å². The van der Waals surface area contributed by atoms with Crippen LogP contribution in [0.2, 0.25) is 0 Å². The molecule has 7 nitrogen and oxygen atoms in total. The zero-order chi connectivity index (χ0) is 15.8. The Morgan fingerprint density at radius 3 is 2.67 bits per heavy atom. The van der Waals surface area contributed by atoms with E-state index < -0.39 is 11.0 Å². The lowest BCUT2D eigenvalue weighted by Gasteiger charge is -2.17. The molecule has 1 aromatic rings. The Kier molecular flexibility index (Phi) is 6.61. The Morgan fingerprint density at radius 1 is 1.43 bits per heavy atom. The number of non-ortho nitro benzene ring substituents is 1. The molecule has 0 bridgehead atoms. The number of nitrogens with zero attached hydrogens (tertiary/aromatic N) is 1. The van der Waals surface area contributed by atoms with Crippen LogP contribution in [0.1, 0.15) is 19.4 Å². The summed E-state index contributed by atoms with van der Waals surface area (Å²) < 4.78 is 10.5. The van der Waals surface area contributed by atoms with E-state index in [1.54, 1.807) is 13.8 Å². The summed E-state index contributed by atoms with van der Waals surface area (Å²) in [4.78, 5) is 21.9. The molecule has 1 atom stereocenters. The van der Waals surface area contributed by atoms with Crippen LogP contribution in [0, 0.1) is 17.0 Å². The van der Waals surface area contributed by atoms with Crippen molar-refractivity contribution in [3.05, 3.63) is 33.9 Å². The minimum Gasteiger partial charge on any atom is -0.491 e. The van der Waals surface area contributed by atoms with Gasteiger partial charge in [0.2, 0.25) is 0 Å². The lowest BCUT2D eigenvalue weighted by atomic mass is 10.2. The maximum absolute atomic E-state index is 11.7. The van der Waals surface area contributed by atoms with Crippen LogP contribution in [0.4, 0.5) is 5.69 Å². The third-order valence-corrected chi connectivity index (χ3v) is 2.80. The maximum Gasteiger partial charge on any atom is 0.326 e. The number of ether oxygens (including phenoxy) is 2. The van der Waals surface area contributed by atoms with Crippen molar-refractivity contribution in [3.8, 4) is 5.75 Å². The molecule has 0 saturated carbocycles. The molecule has 0 aromatic heterocycles. The fourth-order valence-corrected chi connectivity index (χ4v) is 1.78. The van der Waals surface area contributed by atoms with Crippen LogP contribution in [-0.2, 0) is 9.53 Å². The third-order valence-electron chi connectivity index (χ3n) is 2.80. The Morgan fingerprint density at radius 2 is 2.14 bits per heavy atom. The largest absolute Gasteiger partial charge is 0.491 e. The van der Waals surface area contributed by atoms with Crippen molar-refractivity contribution in [2.75, 3.05) is 19.8 Å². The zero-order valence-electron chi connectivity index (χ0n) is 12.4. The predicted octanol–water partition coefficient (Wildman–Crippen LogP) is 1.82. The van der Waals surface area contributed by atoms with E-state index in [-0.39, 0.29) is 18.3 Å². The Hall–Kier alpha value is -2.15. The average Bonchev–Trinajstić information content (AvgIpc) is 2.44. The molecule has 1 rings (SSSR count). The number of carbonyl (C=O) groups is 1. The van der Waals surface area contributed by atoms with Crippen LogP contribution in [0.3, 0.4) is 0 Å². The van der Waals surface area contributed by atoms with E-state index in [0.29, 0.717) is 24.5 Å². The molecule has 1 aromatic carbocycles. The lowest BCUT2D eigenvalue weighted by molar-refractivity contribution is -0.384. The van der Waals surface area contributed by atoms with E-state index in [1.807, 2.05) is 6.92 Å². The summed E-state index contributed by atoms with van der Waals surface area (Å²) in [5, 5.41) is 13.6. The molecule has 0 saturated heterocycles. The molecule has 0 fully saturated rings. The van der Waals surface area contributed by atoms with Crippen LogP contribution < -0.4 is 10.1 Å². The van der Waals surface area contributed by atoms with Gasteiger partial charge in [0, 0.05) is 12.1 Å². The highest BCUT2D eigenvalue weighted by Gasteiger charge is 2.20. The number of likely N-dealkylation sites (N-methyl/N-ethyl adjacent to an activating group) is 1. The summed E-state index contributed by atoms with van der Waals surface area (Å²) in [7, 11) is 0. The topological polar surface area (TPSA) is 90.7 Å². The van der Waals surface area contributed by atoms with E-state index in [9.17, 15) is 14.9 Å². The van der Waals surface area contributed by atoms with Crippen molar-refractivity contribution in [1.82, 2.24) is 5.32 Å². The Balaban J connectivity index is 2.71. The minimum absolute atomic E-state index is 0.00785. The second kappa shape index (κ2) is 8.21. The van der Waals surface area contributed by atoms with Gasteiger partial charge in [-0.1, -0.05) is 6.92 Å². The molecule has 0 radical (unpaired) electrons. The van der Waals surface area contributed by atoms with Crippen LogP contribution in [0.15, 0.2) is 18.2 Å². The summed E-state index contributed by atoms with van der Waals surface area (Å²) in [5.41, 5.74) is 0.650. The van der Waals surface area contributed by atoms with E-state index >= 15 is 0 Å². The smallest absolute Gasteiger partial charge is 0.326 e. The number of nitrogens with one attached hydrogen (secondary N) is 1. The SMILES string of the molecule is CCNC(COc1ccc([N+](=O)[O-])cc1C)C(=O)OCC. The number of carbonyl (C=O) groups excluding carboxylic acids is 1. The van der Waals surface area contributed by atoms with Crippen molar-refractivity contribution in [2.45, 2.75) is 26.8 Å². The summed E-state index contributed by atoms with van der Waals surface area (Å²) >= 11 is 0. The summed E-state index contributed by atoms with van der Waals surface area (Å²) in [6, 6.07) is 3.77. The second-order valence-corrected chi connectivity index (χ2v) is 4.38. The predicted molar refractivity (Wildman–Crippen MR) is 77.4 cm³/mol. The molecular formula is C14H20N2O5. The van der Waals surface area contributed by atoms with Gasteiger partial charge in [0.05, 0.1) is 11.5 Å². The number of benzene rings is 1. The number of rotatable bonds is 8. The van der Waals surface area contributed by atoms with Crippen molar-refractivity contribution < 1.29 is 19.2 Å². The molecule has 0 spiro atoms. The molecule has 21 heavy (non-hydrogen) atoms. The zero-order valence-corrected chi connectivity index (χ0v) is 12.4. The van der Waals surface area contributed by atoms with Crippen LogP contribution in [-0.4, -0.2) is 36.7 Å². The molecule has 0 heterocycles. The van der Waals surface area contributed by atoms with E-state index in [1.165, 1.54) is 18.2 Å². The Bertz CT molecular complexity index is 504. The van der Waals surface area contributed by atoms with E-state index in [0.717, 1.165) is 0 Å². The molecule has 7 heteroatoms. The van der Waals surface area contributed by atoms with E-state index in [4.69, 9.17) is 9.47 Å². The van der Waals surface area contributed by atoms with Crippen LogP contribution in [0.25, 0.3) is 0 Å². The maximum atomic E-state index is 11.7. The van der Waals surface area contributed by atoms with Gasteiger partial charge in [-0.25, -0.2) is 0 Å². The first-order valence-corrected chi connectivity index (χ1v) is 6.77. The number of nitro groups is 1. The Labute approximate surface area is 123 Å². The molecule has 0 aliphatic carbocycles. The molecular weight excluding hydrogens is 276 g/mol. The molecule has 0 amide bonds. The molecule has 1 unspecified atom stereocenters. The van der Waals surface area contributed by atoms with Gasteiger partial charge in [0.25, 0.3) is 5.69 Å².